The molecule has 5 nitrogen and oxygen atoms in total. The van der Waals surface area contributed by atoms with Crippen molar-refractivity contribution >= 4 is 32.9 Å². The standard InChI is InChI=1S/C14H12N4OS/c1-10-15-13-9-11(7-8-14(13)20-10)16-17-18(19)12-5-3-2-4-6-12/h2-9,16H,1H3/b18-17-. The number of aryl methyl sites for hydroxylation is 1. The Balaban J connectivity index is 1.82. The molecular formula is C14H12N4OS. The SMILES string of the molecule is Cc1nc2cc(N/N=[N+](\[O-])c3ccccc3)ccc2s1. The molecule has 0 saturated heterocycles. The third-order valence-electron chi connectivity index (χ3n) is 2.74. The molecular weight excluding hydrogens is 272 g/mol. The first-order valence-electron chi connectivity index (χ1n) is 6.08. The van der Waals surface area contributed by atoms with Crippen molar-refractivity contribution < 1.29 is 4.86 Å². The minimum absolute atomic E-state index is 0.477. The van der Waals surface area contributed by atoms with Gasteiger partial charge in [0.15, 0.2) is 5.69 Å². The molecule has 3 aromatic rings. The summed E-state index contributed by atoms with van der Waals surface area (Å²) < 4.78 is 1.12. The van der Waals surface area contributed by atoms with Crippen molar-refractivity contribution in [1.82, 2.24) is 4.98 Å². The first kappa shape index (κ1) is 12.6. The number of benzene rings is 2. The van der Waals surface area contributed by atoms with Gasteiger partial charge in [0.1, 0.15) is 5.69 Å². The van der Waals surface area contributed by atoms with E-state index in [0.29, 0.717) is 10.5 Å². The van der Waals surface area contributed by atoms with E-state index in [-0.39, 0.29) is 0 Å². The van der Waals surface area contributed by atoms with Crippen molar-refractivity contribution in [2.45, 2.75) is 6.92 Å². The van der Waals surface area contributed by atoms with Crippen LogP contribution in [-0.4, -0.2) is 9.84 Å². The average molecular weight is 284 g/mol. The van der Waals surface area contributed by atoms with Crippen molar-refractivity contribution in [3.8, 4) is 0 Å². The molecule has 0 fully saturated rings. The molecule has 0 bridgehead atoms. The van der Waals surface area contributed by atoms with Gasteiger partial charge in [0.2, 0.25) is 0 Å². The molecule has 0 unspecified atom stereocenters. The maximum absolute atomic E-state index is 11.8. The van der Waals surface area contributed by atoms with E-state index in [1.165, 1.54) is 0 Å². The number of nitrogens with zero attached hydrogens (tertiary/aromatic N) is 3. The zero-order valence-corrected chi connectivity index (χ0v) is 11.6. The zero-order chi connectivity index (χ0) is 13.9. The predicted octanol–water partition coefficient (Wildman–Crippen LogP) is 4.23. The second-order valence-corrected chi connectivity index (χ2v) is 5.47. The Morgan fingerprint density at radius 2 is 2.00 bits per heavy atom. The van der Waals surface area contributed by atoms with Gasteiger partial charge in [-0.3, -0.25) is 0 Å². The van der Waals surface area contributed by atoms with Crippen molar-refractivity contribution in [3.63, 3.8) is 0 Å². The highest BCUT2D eigenvalue weighted by Crippen LogP contribution is 2.24. The molecule has 1 N–H and O–H groups in total. The molecule has 0 atom stereocenters. The fourth-order valence-electron chi connectivity index (χ4n) is 1.83. The van der Waals surface area contributed by atoms with Crippen LogP contribution in [0.2, 0.25) is 0 Å². The molecule has 0 aliphatic carbocycles. The molecule has 6 heteroatoms. The van der Waals surface area contributed by atoms with Crippen LogP contribution < -0.4 is 5.43 Å². The minimum Gasteiger partial charge on any atom is -0.691 e. The fourth-order valence-corrected chi connectivity index (χ4v) is 2.64. The zero-order valence-electron chi connectivity index (χ0n) is 10.8. The van der Waals surface area contributed by atoms with Gasteiger partial charge in [-0.05, 0) is 31.2 Å². The number of anilines is 1. The summed E-state index contributed by atoms with van der Waals surface area (Å²) in [5, 5.41) is 16.6. The number of aromatic nitrogens is 1. The van der Waals surface area contributed by atoms with Gasteiger partial charge < -0.3 is 5.21 Å². The Hall–Kier alpha value is -2.47. The third-order valence-corrected chi connectivity index (χ3v) is 3.69. The van der Waals surface area contributed by atoms with Gasteiger partial charge in [0.25, 0.3) is 0 Å². The van der Waals surface area contributed by atoms with Gasteiger partial charge in [-0.2, -0.15) is 0 Å². The maximum Gasteiger partial charge on any atom is 0.154 e. The molecule has 1 heterocycles. The molecule has 2 aromatic carbocycles. The van der Waals surface area contributed by atoms with Gasteiger partial charge in [-0.25, -0.2) is 4.98 Å². The number of thiazole rings is 1. The normalized spacial score (nSPS) is 11.8. The number of para-hydroxylation sites is 1. The number of hydrogen-bond donors (Lipinski definition) is 1. The van der Waals surface area contributed by atoms with Crippen LogP contribution in [0.3, 0.4) is 0 Å². The summed E-state index contributed by atoms with van der Waals surface area (Å²) in [5.74, 6) is 0. The van der Waals surface area contributed by atoms with Gasteiger partial charge in [-0.15, -0.1) is 21.6 Å². The summed E-state index contributed by atoms with van der Waals surface area (Å²) in [7, 11) is 0. The Morgan fingerprint density at radius 3 is 2.80 bits per heavy atom. The van der Waals surface area contributed by atoms with Crippen LogP contribution in [0.4, 0.5) is 11.4 Å². The van der Waals surface area contributed by atoms with Crippen LogP contribution in [0.15, 0.2) is 53.8 Å². The lowest BCUT2D eigenvalue weighted by atomic mass is 10.3. The summed E-state index contributed by atoms with van der Waals surface area (Å²) in [6, 6.07) is 14.6. The number of rotatable bonds is 3. The molecule has 100 valence electrons. The van der Waals surface area contributed by atoms with Crippen molar-refractivity contribution in [2.24, 2.45) is 5.22 Å². The highest BCUT2D eigenvalue weighted by Gasteiger charge is 2.04. The molecule has 0 saturated carbocycles. The second kappa shape index (κ2) is 5.26. The number of nitrogens with one attached hydrogen (secondary N) is 1. The number of fused-ring (bicyclic) bond motifs is 1. The third kappa shape index (κ3) is 2.60. The largest absolute Gasteiger partial charge is 0.691 e. The molecule has 0 amide bonds. The molecule has 0 aliphatic rings. The Labute approximate surface area is 119 Å². The monoisotopic (exact) mass is 284 g/mol. The van der Waals surface area contributed by atoms with Crippen LogP contribution in [0.5, 0.6) is 0 Å². The minimum atomic E-state index is 0.477. The topological polar surface area (TPSA) is 63.3 Å². The van der Waals surface area contributed by atoms with E-state index in [2.05, 4.69) is 15.6 Å². The molecule has 1 aromatic heterocycles. The number of hydrogen-bond acceptors (Lipinski definition) is 4. The lowest BCUT2D eigenvalue weighted by molar-refractivity contribution is -0.439. The van der Waals surface area contributed by atoms with Crippen molar-refractivity contribution in [2.75, 3.05) is 5.43 Å². The van der Waals surface area contributed by atoms with Gasteiger partial charge >= 0.3 is 0 Å². The average Bonchev–Trinajstić information content (AvgIpc) is 2.85. The van der Waals surface area contributed by atoms with E-state index in [9.17, 15) is 5.21 Å². The van der Waals surface area contributed by atoms with Crippen molar-refractivity contribution in [3.05, 3.63) is 58.7 Å². The van der Waals surface area contributed by atoms with Crippen LogP contribution in [0.25, 0.3) is 10.2 Å². The van der Waals surface area contributed by atoms with Crippen molar-refractivity contribution in [1.29, 1.82) is 0 Å². The summed E-state index contributed by atoms with van der Waals surface area (Å²) in [4.78, 5) is 4.96. The first-order chi connectivity index (χ1) is 9.72. The quantitative estimate of drug-likeness (QED) is 0.445. The van der Waals surface area contributed by atoms with E-state index < -0.39 is 0 Å². The molecule has 0 radical (unpaired) electrons. The Kier molecular flexibility index (Phi) is 3.30. The fraction of sp³-hybridized carbons (Fsp3) is 0.0714. The van der Waals surface area contributed by atoms with Crippen LogP contribution in [0.1, 0.15) is 5.01 Å². The Morgan fingerprint density at radius 1 is 1.20 bits per heavy atom. The van der Waals surface area contributed by atoms with Gasteiger partial charge in [0, 0.05) is 6.07 Å². The van der Waals surface area contributed by atoms with Crippen LogP contribution in [-0.2, 0) is 0 Å². The molecule has 3 rings (SSSR count). The summed E-state index contributed by atoms with van der Waals surface area (Å²) in [6.07, 6.45) is 0. The Bertz CT molecular complexity index is 767. The lowest BCUT2D eigenvalue weighted by Gasteiger charge is -2.04. The highest BCUT2D eigenvalue weighted by molar-refractivity contribution is 7.18. The van der Waals surface area contributed by atoms with E-state index in [1.807, 2.05) is 31.2 Å². The second-order valence-electron chi connectivity index (χ2n) is 4.24. The smallest absolute Gasteiger partial charge is 0.154 e. The highest BCUT2D eigenvalue weighted by atomic mass is 32.1. The van der Waals surface area contributed by atoms with E-state index in [4.69, 9.17) is 0 Å². The molecule has 0 spiro atoms. The molecule has 0 aliphatic heterocycles. The summed E-state index contributed by atoms with van der Waals surface area (Å²) in [6.45, 7) is 1.97. The summed E-state index contributed by atoms with van der Waals surface area (Å²) in [5.41, 5.74) is 4.87. The summed E-state index contributed by atoms with van der Waals surface area (Å²) >= 11 is 1.64. The van der Waals surface area contributed by atoms with E-state index in [0.717, 1.165) is 20.9 Å². The van der Waals surface area contributed by atoms with Crippen LogP contribution >= 0.6 is 11.3 Å². The molecule has 20 heavy (non-hydrogen) atoms. The predicted molar refractivity (Wildman–Crippen MR) is 80.1 cm³/mol. The first-order valence-corrected chi connectivity index (χ1v) is 6.90. The van der Waals surface area contributed by atoms with Gasteiger partial charge in [-0.1, -0.05) is 18.2 Å². The van der Waals surface area contributed by atoms with E-state index >= 15 is 0 Å². The maximum atomic E-state index is 11.8. The lowest BCUT2D eigenvalue weighted by Crippen LogP contribution is -1.97. The van der Waals surface area contributed by atoms with Gasteiger partial charge in [0.05, 0.1) is 20.4 Å². The van der Waals surface area contributed by atoms with E-state index in [1.54, 1.807) is 35.6 Å². The van der Waals surface area contributed by atoms with Crippen LogP contribution in [0, 0.1) is 12.1 Å².